The van der Waals surface area contributed by atoms with Crippen LogP contribution in [0.5, 0.6) is 11.5 Å². The smallest absolute Gasteiger partial charge is 0.244 e. The zero-order valence-corrected chi connectivity index (χ0v) is 23.8. The molecule has 0 fully saturated rings. The molecule has 0 aliphatic rings. The van der Waals surface area contributed by atoms with E-state index in [-0.39, 0.29) is 24.3 Å². The minimum atomic E-state index is -0.196. The molecule has 0 saturated carbocycles. The molecule has 0 aliphatic carbocycles. The van der Waals surface area contributed by atoms with Crippen LogP contribution in [0.4, 0.5) is 0 Å². The molecule has 3 aromatic rings. The van der Waals surface area contributed by atoms with E-state index in [1.165, 1.54) is 5.56 Å². The summed E-state index contributed by atoms with van der Waals surface area (Å²) in [5, 5.41) is 5.20. The molecular formula is C28H29BrCl2N2O3. The zero-order chi connectivity index (χ0) is 26.3. The Morgan fingerprint density at radius 2 is 1.78 bits per heavy atom. The summed E-state index contributed by atoms with van der Waals surface area (Å²) in [4.78, 5) is 12.3. The quantitative estimate of drug-likeness (QED) is 0.205. The molecule has 0 atom stereocenters. The lowest BCUT2D eigenvalue weighted by atomic mass is 9.86. The molecule has 0 spiro atoms. The van der Waals surface area contributed by atoms with Crippen molar-refractivity contribution >= 4 is 51.3 Å². The molecule has 5 nitrogen and oxygen atoms in total. The van der Waals surface area contributed by atoms with Gasteiger partial charge in [0.1, 0.15) is 6.61 Å². The normalized spacial score (nSPS) is 11.5. The van der Waals surface area contributed by atoms with Gasteiger partial charge in [0, 0.05) is 15.6 Å². The van der Waals surface area contributed by atoms with Gasteiger partial charge < -0.3 is 9.47 Å². The van der Waals surface area contributed by atoms with Crippen molar-refractivity contribution in [2.45, 2.75) is 46.1 Å². The van der Waals surface area contributed by atoms with Crippen LogP contribution in [0.3, 0.4) is 0 Å². The van der Waals surface area contributed by atoms with Crippen LogP contribution in [-0.2, 0) is 23.2 Å². The van der Waals surface area contributed by atoms with Crippen LogP contribution >= 0.6 is 39.1 Å². The Hall–Kier alpha value is -2.54. The van der Waals surface area contributed by atoms with Gasteiger partial charge in [-0.2, -0.15) is 5.10 Å². The molecule has 0 heterocycles. The second-order valence-corrected chi connectivity index (χ2v) is 10.9. The molecule has 0 aromatic heterocycles. The van der Waals surface area contributed by atoms with Gasteiger partial charge in [0.25, 0.3) is 0 Å². The lowest BCUT2D eigenvalue weighted by Gasteiger charge is -2.19. The highest BCUT2D eigenvalue weighted by atomic mass is 79.9. The van der Waals surface area contributed by atoms with Crippen molar-refractivity contribution in [3.05, 3.63) is 91.4 Å². The maximum Gasteiger partial charge on any atom is 0.244 e. The summed E-state index contributed by atoms with van der Waals surface area (Å²) in [6.07, 6.45) is 1.81. The minimum Gasteiger partial charge on any atom is -0.490 e. The number of nitrogens with zero attached hydrogens (tertiary/aromatic N) is 1. The predicted octanol–water partition coefficient (Wildman–Crippen LogP) is 7.72. The van der Waals surface area contributed by atoms with Crippen molar-refractivity contribution < 1.29 is 14.3 Å². The van der Waals surface area contributed by atoms with Crippen molar-refractivity contribution in [3.8, 4) is 11.5 Å². The number of benzene rings is 3. The zero-order valence-electron chi connectivity index (χ0n) is 20.7. The Morgan fingerprint density at radius 3 is 2.42 bits per heavy atom. The number of hydrazone groups is 1. The molecule has 3 aromatic carbocycles. The predicted molar refractivity (Wildman–Crippen MR) is 151 cm³/mol. The number of carbonyl (C=O) groups is 1. The van der Waals surface area contributed by atoms with Crippen LogP contribution in [0.25, 0.3) is 0 Å². The van der Waals surface area contributed by atoms with Crippen molar-refractivity contribution in [2.24, 2.45) is 5.10 Å². The van der Waals surface area contributed by atoms with Gasteiger partial charge in [-0.25, -0.2) is 5.43 Å². The molecule has 0 saturated heterocycles. The van der Waals surface area contributed by atoms with Crippen LogP contribution in [0.2, 0.25) is 10.0 Å². The molecule has 0 radical (unpaired) electrons. The number of hydrogen-bond acceptors (Lipinski definition) is 4. The number of hydrogen-bond donors (Lipinski definition) is 1. The molecule has 3 rings (SSSR count). The summed E-state index contributed by atoms with van der Waals surface area (Å²) in [6, 6.07) is 17.0. The molecule has 36 heavy (non-hydrogen) atoms. The van der Waals surface area contributed by atoms with Crippen LogP contribution in [0.15, 0.2) is 64.2 Å². The van der Waals surface area contributed by atoms with E-state index in [1.807, 2.05) is 31.2 Å². The number of nitrogens with one attached hydrogen (secondary N) is 1. The summed E-state index contributed by atoms with van der Waals surface area (Å²) < 4.78 is 12.5. The third kappa shape index (κ3) is 7.99. The number of amides is 1. The molecular weight excluding hydrogens is 563 g/mol. The number of carbonyl (C=O) groups excluding carboxylic acids is 1. The van der Waals surface area contributed by atoms with Crippen LogP contribution in [0, 0.1) is 0 Å². The van der Waals surface area contributed by atoms with E-state index in [4.69, 9.17) is 32.7 Å². The molecule has 0 unspecified atom stereocenters. The maximum atomic E-state index is 12.3. The van der Waals surface area contributed by atoms with Gasteiger partial charge >= 0.3 is 0 Å². The largest absolute Gasteiger partial charge is 0.490 e. The van der Waals surface area contributed by atoms with Crippen LogP contribution in [-0.4, -0.2) is 18.7 Å². The number of ether oxygens (including phenoxy) is 2. The van der Waals surface area contributed by atoms with Crippen LogP contribution in [0.1, 0.15) is 49.9 Å². The van der Waals surface area contributed by atoms with E-state index in [2.05, 4.69) is 59.4 Å². The van der Waals surface area contributed by atoms with E-state index in [0.29, 0.717) is 32.6 Å². The summed E-state index contributed by atoms with van der Waals surface area (Å²) in [5.41, 5.74) is 6.35. The monoisotopic (exact) mass is 590 g/mol. The Kier molecular flexibility index (Phi) is 9.83. The Balaban J connectivity index is 1.65. The van der Waals surface area contributed by atoms with Crippen molar-refractivity contribution in [1.29, 1.82) is 0 Å². The number of rotatable bonds is 9. The first-order chi connectivity index (χ1) is 17.1. The van der Waals surface area contributed by atoms with Crippen molar-refractivity contribution in [3.63, 3.8) is 0 Å². The summed E-state index contributed by atoms with van der Waals surface area (Å²) in [5.74, 6) is 0.894. The van der Waals surface area contributed by atoms with Gasteiger partial charge in [-0.05, 0) is 69.2 Å². The highest BCUT2D eigenvalue weighted by molar-refractivity contribution is 9.10. The SMILES string of the molecule is CCOc1cc(/C=N\NC(=O)Cc2ccc(C(C)(C)C)cc2)cc(Br)c1OCc1ccc(Cl)cc1Cl. The molecule has 1 amide bonds. The summed E-state index contributed by atoms with van der Waals surface area (Å²) in [6.45, 7) is 9.07. The average Bonchev–Trinajstić information content (AvgIpc) is 2.79. The van der Waals surface area contributed by atoms with Gasteiger partial charge in [0.05, 0.1) is 23.7 Å². The summed E-state index contributed by atoms with van der Waals surface area (Å²) in [7, 11) is 0. The van der Waals surface area contributed by atoms with E-state index >= 15 is 0 Å². The molecule has 1 N–H and O–H groups in total. The standard InChI is InChI=1S/C28H29BrCl2N2O3/c1-5-35-25-13-19(12-23(29)27(25)36-17-20-8-11-22(30)15-24(20)31)16-32-33-26(34)14-18-6-9-21(10-7-18)28(2,3)4/h6-13,15-16H,5,14,17H2,1-4H3,(H,33,34)/b32-16-. The topological polar surface area (TPSA) is 59.9 Å². The van der Waals surface area contributed by atoms with E-state index in [9.17, 15) is 4.79 Å². The molecule has 190 valence electrons. The highest BCUT2D eigenvalue weighted by Crippen LogP contribution is 2.37. The third-order valence-electron chi connectivity index (χ3n) is 5.31. The molecule has 0 aliphatic heterocycles. The number of halogens is 3. The fourth-order valence-corrected chi connectivity index (χ4v) is 4.42. The first-order valence-electron chi connectivity index (χ1n) is 11.5. The van der Waals surface area contributed by atoms with Gasteiger partial charge in [-0.15, -0.1) is 0 Å². The maximum absolute atomic E-state index is 12.3. The second-order valence-electron chi connectivity index (χ2n) is 9.20. The van der Waals surface area contributed by atoms with Gasteiger partial charge in [-0.1, -0.05) is 74.3 Å². The fourth-order valence-electron chi connectivity index (χ4n) is 3.38. The van der Waals surface area contributed by atoms with Gasteiger partial charge in [0.15, 0.2) is 11.5 Å². The van der Waals surface area contributed by atoms with E-state index < -0.39 is 0 Å². The molecule has 8 heteroatoms. The lowest BCUT2D eigenvalue weighted by Crippen LogP contribution is -2.20. The van der Waals surface area contributed by atoms with Crippen molar-refractivity contribution in [2.75, 3.05) is 6.61 Å². The average molecular weight is 592 g/mol. The van der Waals surface area contributed by atoms with E-state index in [1.54, 1.807) is 24.4 Å². The van der Waals surface area contributed by atoms with Gasteiger partial charge in [0.2, 0.25) is 5.91 Å². The summed E-state index contributed by atoms with van der Waals surface area (Å²) >= 11 is 15.8. The highest BCUT2D eigenvalue weighted by Gasteiger charge is 2.15. The minimum absolute atomic E-state index is 0.0726. The van der Waals surface area contributed by atoms with Crippen LogP contribution < -0.4 is 14.9 Å². The Labute approximate surface area is 230 Å². The fraction of sp³-hybridized carbons (Fsp3) is 0.286. The van der Waals surface area contributed by atoms with E-state index in [0.717, 1.165) is 16.7 Å². The first-order valence-corrected chi connectivity index (χ1v) is 13.1. The lowest BCUT2D eigenvalue weighted by molar-refractivity contribution is -0.120. The third-order valence-corrected chi connectivity index (χ3v) is 6.48. The Morgan fingerprint density at radius 1 is 1.06 bits per heavy atom. The van der Waals surface area contributed by atoms with Crippen molar-refractivity contribution in [1.82, 2.24) is 5.43 Å². The first kappa shape index (κ1) is 28.0. The second kappa shape index (κ2) is 12.6. The Bertz CT molecular complexity index is 1240. The van der Waals surface area contributed by atoms with Gasteiger partial charge in [-0.3, -0.25) is 4.79 Å². The molecule has 0 bridgehead atoms.